The zero-order valence-corrected chi connectivity index (χ0v) is 12.1. The van der Waals surface area contributed by atoms with Crippen molar-refractivity contribution in [3.8, 4) is 5.69 Å². The van der Waals surface area contributed by atoms with Gasteiger partial charge < -0.3 is 4.98 Å². The fourth-order valence-corrected chi connectivity index (χ4v) is 3.46. The summed E-state index contributed by atoms with van der Waals surface area (Å²) in [4.78, 5) is 16.2. The summed E-state index contributed by atoms with van der Waals surface area (Å²) in [5.74, 6) is 0.0875. The van der Waals surface area contributed by atoms with Gasteiger partial charge in [-0.1, -0.05) is 23.8 Å². The van der Waals surface area contributed by atoms with Gasteiger partial charge in [-0.15, -0.1) is 0 Å². The standard InChI is InChI=1S/C19H12N2O/c1-11-6-7-15-14(10-11)12-8-9-21-16-5-3-2-4-13(16)19(22)18(21)17(12)20-15/h2-10H,1H3/p+1. The van der Waals surface area contributed by atoms with E-state index in [1.165, 1.54) is 10.9 Å². The molecule has 0 bridgehead atoms. The number of carbonyl (C=O) groups excluding carboxylic acids is 1. The van der Waals surface area contributed by atoms with E-state index in [-0.39, 0.29) is 5.78 Å². The fraction of sp³-hybridized carbons (Fsp3) is 0.0526. The van der Waals surface area contributed by atoms with Crippen molar-refractivity contribution < 1.29 is 9.36 Å². The predicted molar refractivity (Wildman–Crippen MR) is 85.5 cm³/mol. The molecule has 5 rings (SSSR count). The smallest absolute Gasteiger partial charge is 0.284 e. The molecule has 0 amide bonds. The summed E-state index contributed by atoms with van der Waals surface area (Å²) in [5.41, 5.74) is 5.66. The van der Waals surface area contributed by atoms with Crippen molar-refractivity contribution in [1.29, 1.82) is 0 Å². The quantitative estimate of drug-likeness (QED) is 0.435. The fourth-order valence-electron chi connectivity index (χ4n) is 3.46. The van der Waals surface area contributed by atoms with Gasteiger partial charge in [0.25, 0.3) is 11.5 Å². The van der Waals surface area contributed by atoms with Crippen LogP contribution in [0.5, 0.6) is 0 Å². The van der Waals surface area contributed by atoms with E-state index in [0.717, 1.165) is 33.4 Å². The van der Waals surface area contributed by atoms with Gasteiger partial charge in [-0.05, 0) is 25.1 Å². The van der Waals surface area contributed by atoms with Crippen LogP contribution in [0.15, 0.2) is 54.7 Å². The van der Waals surface area contributed by atoms with E-state index in [2.05, 4.69) is 36.2 Å². The lowest BCUT2D eigenvalue weighted by Crippen LogP contribution is -2.31. The third-order valence-corrected chi connectivity index (χ3v) is 4.49. The zero-order chi connectivity index (χ0) is 14.8. The zero-order valence-electron chi connectivity index (χ0n) is 12.1. The van der Waals surface area contributed by atoms with Crippen molar-refractivity contribution in [1.82, 2.24) is 4.98 Å². The number of nitrogens with zero attached hydrogens (tertiary/aromatic N) is 1. The van der Waals surface area contributed by atoms with Crippen molar-refractivity contribution >= 4 is 27.6 Å². The predicted octanol–water partition coefficient (Wildman–Crippen LogP) is 3.45. The highest BCUT2D eigenvalue weighted by Gasteiger charge is 2.37. The molecule has 0 aliphatic carbocycles. The molecule has 1 aliphatic heterocycles. The van der Waals surface area contributed by atoms with Gasteiger partial charge in [0.2, 0.25) is 5.69 Å². The Hall–Kier alpha value is -2.94. The van der Waals surface area contributed by atoms with Gasteiger partial charge in [0, 0.05) is 28.4 Å². The van der Waals surface area contributed by atoms with Crippen molar-refractivity contribution in [3.63, 3.8) is 0 Å². The highest BCUT2D eigenvalue weighted by atomic mass is 16.1. The maximum Gasteiger partial charge on any atom is 0.284 e. The Morgan fingerprint density at radius 1 is 1.00 bits per heavy atom. The molecule has 0 atom stereocenters. The SMILES string of the molecule is Cc1ccc2[nH]c3c4[n+](ccc3c2c1)-c1ccccc1C4=O. The molecule has 2 aromatic carbocycles. The van der Waals surface area contributed by atoms with Crippen molar-refractivity contribution in [2.75, 3.05) is 0 Å². The number of hydrogen-bond donors (Lipinski definition) is 1. The summed E-state index contributed by atoms with van der Waals surface area (Å²) in [6, 6.07) is 16.2. The lowest BCUT2D eigenvalue weighted by Gasteiger charge is -1.95. The second kappa shape index (κ2) is 3.83. The Labute approximate surface area is 126 Å². The van der Waals surface area contributed by atoms with Crippen LogP contribution in [-0.4, -0.2) is 10.8 Å². The number of hydrogen-bond acceptors (Lipinski definition) is 1. The number of fused-ring (bicyclic) bond motifs is 7. The highest BCUT2D eigenvalue weighted by Crippen LogP contribution is 2.31. The topological polar surface area (TPSA) is 36.7 Å². The number of aromatic amines is 1. The Morgan fingerprint density at radius 3 is 2.77 bits per heavy atom. The molecule has 3 nitrogen and oxygen atoms in total. The molecular formula is C19H13N2O+. The van der Waals surface area contributed by atoms with Crippen LogP contribution in [0.25, 0.3) is 27.5 Å². The molecule has 0 fully saturated rings. The first kappa shape index (κ1) is 11.7. The van der Waals surface area contributed by atoms with Crippen LogP contribution in [-0.2, 0) is 0 Å². The van der Waals surface area contributed by atoms with Gasteiger partial charge in [0.15, 0.2) is 6.20 Å². The monoisotopic (exact) mass is 285 g/mol. The number of benzene rings is 2. The molecule has 4 aromatic rings. The van der Waals surface area contributed by atoms with Gasteiger partial charge in [-0.3, -0.25) is 4.79 Å². The van der Waals surface area contributed by atoms with Gasteiger partial charge in [-0.25, -0.2) is 0 Å². The average molecular weight is 285 g/mol. The van der Waals surface area contributed by atoms with E-state index < -0.39 is 0 Å². The summed E-state index contributed by atoms with van der Waals surface area (Å²) < 4.78 is 1.99. The molecule has 0 spiro atoms. The largest absolute Gasteiger partial charge is 0.349 e. The minimum absolute atomic E-state index is 0.0875. The molecule has 104 valence electrons. The Kier molecular flexibility index (Phi) is 2.03. The van der Waals surface area contributed by atoms with Crippen molar-refractivity contribution in [3.05, 3.63) is 71.5 Å². The van der Waals surface area contributed by atoms with Crippen LogP contribution in [0, 0.1) is 6.92 Å². The maximum atomic E-state index is 12.8. The summed E-state index contributed by atoms with van der Waals surface area (Å²) in [6.45, 7) is 2.08. The second-order valence-corrected chi connectivity index (χ2v) is 5.84. The normalized spacial score (nSPS) is 12.9. The molecule has 0 saturated heterocycles. The summed E-state index contributed by atoms with van der Waals surface area (Å²) in [7, 11) is 0. The summed E-state index contributed by atoms with van der Waals surface area (Å²) >= 11 is 0. The van der Waals surface area contributed by atoms with Crippen molar-refractivity contribution in [2.24, 2.45) is 0 Å². The highest BCUT2D eigenvalue weighted by molar-refractivity contribution is 6.20. The first-order valence-electron chi connectivity index (χ1n) is 7.35. The molecule has 2 aromatic heterocycles. The van der Waals surface area contributed by atoms with Gasteiger partial charge in [0.05, 0.1) is 0 Å². The molecule has 1 N–H and O–H groups in total. The number of aryl methyl sites for hydroxylation is 1. The maximum absolute atomic E-state index is 12.8. The van der Waals surface area contributed by atoms with Crippen LogP contribution < -0.4 is 4.57 Å². The van der Waals surface area contributed by atoms with Crippen LogP contribution in [0.4, 0.5) is 0 Å². The van der Waals surface area contributed by atoms with Crippen molar-refractivity contribution in [2.45, 2.75) is 6.92 Å². The molecule has 1 aliphatic rings. The second-order valence-electron chi connectivity index (χ2n) is 5.84. The van der Waals surface area contributed by atoms with E-state index >= 15 is 0 Å². The van der Waals surface area contributed by atoms with Crippen LogP contribution in [0.2, 0.25) is 0 Å². The molecule has 3 heterocycles. The van der Waals surface area contributed by atoms with E-state index in [9.17, 15) is 4.79 Å². The first-order chi connectivity index (χ1) is 10.7. The minimum atomic E-state index is 0.0875. The van der Waals surface area contributed by atoms with Crippen LogP contribution >= 0.6 is 0 Å². The molecule has 22 heavy (non-hydrogen) atoms. The number of carbonyl (C=O) groups is 1. The lowest BCUT2D eigenvalue weighted by atomic mass is 10.1. The van der Waals surface area contributed by atoms with Gasteiger partial charge >= 0.3 is 0 Å². The molecule has 3 heteroatoms. The number of pyridine rings is 1. The summed E-state index contributed by atoms with van der Waals surface area (Å²) in [5, 5.41) is 2.27. The van der Waals surface area contributed by atoms with E-state index in [1.54, 1.807) is 0 Å². The Bertz CT molecular complexity index is 1110. The number of rotatable bonds is 0. The molecular weight excluding hydrogens is 272 g/mol. The van der Waals surface area contributed by atoms with Gasteiger partial charge in [0.1, 0.15) is 11.1 Å². The van der Waals surface area contributed by atoms with E-state index in [0.29, 0.717) is 0 Å². The third kappa shape index (κ3) is 1.31. The molecule has 0 saturated carbocycles. The van der Waals surface area contributed by atoms with Crippen LogP contribution in [0.3, 0.4) is 0 Å². The number of ketones is 1. The lowest BCUT2D eigenvalue weighted by molar-refractivity contribution is -0.592. The Balaban J connectivity index is 1.96. The average Bonchev–Trinajstić information content (AvgIpc) is 3.04. The third-order valence-electron chi connectivity index (χ3n) is 4.49. The molecule has 0 unspecified atom stereocenters. The summed E-state index contributed by atoms with van der Waals surface area (Å²) in [6.07, 6.45) is 2.00. The number of aromatic nitrogens is 2. The Morgan fingerprint density at radius 2 is 1.86 bits per heavy atom. The molecule has 0 radical (unpaired) electrons. The number of nitrogens with one attached hydrogen (secondary N) is 1. The minimum Gasteiger partial charge on any atom is -0.349 e. The van der Waals surface area contributed by atoms with Crippen LogP contribution in [0.1, 0.15) is 21.6 Å². The first-order valence-corrected chi connectivity index (χ1v) is 7.35. The number of para-hydroxylation sites is 1. The van der Waals surface area contributed by atoms with E-state index in [1.807, 2.05) is 35.0 Å². The number of H-pyrrole nitrogens is 1. The van der Waals surface area contributed by atoms with E-state index in [4.69, 9.17) is 0 Å². The van der Waals surface area contributed by atoms with Gasteiger partial charge in [-0.2, -0.15) is 4.57 Å².